The molecule has 0 spiro atoms. The fourth-order valence-corrected chi connectivity index (χ4v) is 4.10. The lowest BCUT2D eigenvalue weighted by molar-refractivity contribution is -0.384. The lowest BCUT2D eigenvalue weighted by atomic mass is 10.2. The van der Waals surface area contributed by atoms with Crippen molar-refractivity contribution in [3.63, 3.8) is 0 Å². The Morgan fingerprint density at radius 2 is 1.66 bits per heavy atom. The lowest BCUT2D eigenvalue weighted by Gasteiger charge is -2.12. The Kier molecular flexibility index (Phi) is 7.64. The van der Waals surface area contributed by atoms with Gasteiger partial charge in [0.2, 0.25) is 5.91 Å². The average Bonchev–Trinajstić information content (AvgIpc) is 3.26. The first-order chi connectivity index (χ1) is 16.9. The van der Waals surface area contributed by atoms with Crippen molar-refractivity contribution < 1.29 is 9.72 Å². The maximum atomic E-state index is 12.5. The Morgan fingerprint density at radius 1 is 1.00 bits per heavy atom. The molecule has 0 aliphatic carbocycles. The van der Waals surface area contributed by atoms with Gasteiger partial charge in [0, 0.05) is 34.2 Å². The summed E-state index contributed by atoms with van der Waals surface area (Å²) in [4.78, 5) is 22.8. The van der Waals surface area contributed by atoms with Gasteiger partial charge in [-0.05, 0) is 55.5 Å². The predicted molar refractivity (Wildman–Crippen MR) is 137 cm³/mol. The number of nitro benzene ring substituents is 1. The van der Waals surface area contributed by atoms with Crippen LogP contribution in [0.2, 0.25) is 5.02 Å². The van der Waals surface area contributed by atoms with E-state index in [4.69, 9.17) is 11.6 Å². The number of nitrogens with zero attached hydrogens (tertiary/aromatic N) is 4. The molecular weight excluding hydrogens is 488 g/mol. The van der Waals surface area contributed by atoms with Crippen LogP contribution in [0.15, 0.2) is 78.0 Å². The highest BCUT2D eigenvalue weighted by Gasteiger charge is 2.16. The summed E-state index contributed by atoms with van der Waals surface area (Å²) in [5, 5.41) is 26.7. The summed E-state index contributed by atoms with van der Waals surface area (Å²) in [5.41, 5.74) is 3.38. The van der Waals surface area contributed by atoms with Gasteiger partial charge in [0.1, 0.15) is 0 Å². The monoisotopic (exact) mass is 508 g/mol. The molecule has 0 fully saturated rings. The molecule has 0 saturated carbocycles. The number of carbonyl (C=O) groups is 1. The van der Waals surface area contributed by atoms with Crippen LogP contribution in [0.3, 0.4) is 0 Å². The second kappa shape index (κ2) is 11.0. The van der Waals surface area contributed by atoms with Crippen molar-refractivity contribution in [3.8, 4) is 5.69 Å². The number of hydrogen-bond donors (Lipinski definition) is 2. The van der Waals surface area contributed by atoms with Crippen molar-refractivity contribution in [2.45, 2.75) is 18.6 Å². The molecule has 4 rings (SSSR count). The molecule has 0 radical (unpaired) electrons. The molecule has 2 N–H and O–H groups in total. The van der Waals surface area contributed by atoms with E-state index in [-0.39, 0.29) is 17.3 Å². The van der Waals surface area contributed by atoms with E-state index in [2.05, 4.69) is 20.8 Å². The second-order valence-corrected chi connectivity index (χ2v) is 8.95. The molecule has 4 aromatic rings. The van der Waals surface area contributed by atoms with Gasteiger partial charge < -0.3 is 10.6 Å². The number of hydrogen-bond acceptors (Lipinski definition) is 7. The minimum atomic E-state index is -0.490. The number of anilines is 2. The molecule has 11 heteroatoms. The molecule has 0 aliphatic heterocycles. The lowest BCUT2D eigenvalue weighted by Crippen LogP contribution is -2.15. The van der Waals surface area contributed by atoms with Gasteiger partial charge in [-0.25, -0.2) is 0 Å². The molecule has 0 unspecified atom stereocenters. The van der Waals surface area contributed by atoms with E-state index in [0.29, 0.717) is 28.2 Å². The first kappa shape index (κ1) is 24.2. The number of amides is 1. The van der Waals surface area contributed by atoms with Gasteiger partial charge in [0.05, 0.1) is 17.2 Å². The zero-order valence-corrected chi connectivity index (χ0v) is 20.2. The summed E-state index contributed by atoms with van der Waals surface area (Å²) in [5.74, 6) is 0.480. The molecule has 0 saturated heterocycles. The highest BCUT2D eigenvalue weighted by molar-refractivity contribution is 7.99. The van der Waals surface area contributed by atoms with Crippen molar-refractivity contribution in [3.05, 3.63) is 99.3 Å². The van der Waals surface area contributed by atoms with Crippen molar-refractivity contribution in [1.82, 2.24) is 14.8 Å². The third kappa shape index (κ3) is 6.37. The standard InChI is InChI=1S/C24H21ClN6O3S/c1-16-2-6-18(7-3-16)26-14-22-28-29-24(30(22)20-10-4-17(25)5-11-20)35-15-23(32)27-19-8-12-21(13-9-19)31(33)34/h2-13,26H,14-15H2,1H3,(H,27,32). The van der Waals surface area contributed by atoms with Gasteiger partial charge in [-0.15, -0.1) is 10.2 Å². The first-order valence-electron chi connectivity index (χ1n) is 10.6. The summed E-state index contributed by atoms with van der Waals surface area (Å²) in [6, 6.07) is 21.0. The minimum absolute atomic E-state index is 0.0415. The molecule has 0 aliphatic rings. The van der Waals surface area contributed by atoms with Gasteiger partial charge in [0.25, 0.3) is 5.69 Å². The number of aryl methyl sites for hydroxylation is 1. The molecule has 1 amide bonds. The van der Waals surface area contributed by atoms with E-state index in [1.165, 1.54) is 41.6 Å². The number of halogens is 1. The zero-order valence-electron chi connectivity index (χ0n) is 18.6. The quantitative estimate of drug-likeness (QED) is 0.175. The van der Waals surface area contributed by atoms with Gasteiger partial charge in [-0.1, -0.05) is 41.1 Å². The summed E-state index contributed by atoms with van der Waals surface area (Å²) >= 11 is 7.30. The van der Waals surface area contributed by atoms with E-state index >= 15 is 0 Å². The van der Waals surface area contributed by atoms with Gasteiger partial charge in [-0.2, -0.15) is 0 Å². The highest BCUT2D eigenvalue weighted by atomic mass is 35.5. The van der Waals surface area contributed by atoms with Gasteiger partial charge in [0.15, 0.2) is 11.0 Å². The van der Waals surface area contributed by atoms with Crippen molar-refractivity contribution >= 4 is 46.3 Å². The third-order valence-electron chi connectivity index (χ3n) is 4.98. The predicted octanol–water partition coefficient (Wildman–Crippen LogP) is 5.48. The minimum Gasteiger partial charge on any atom is -0.378 e. The summed E-state index contributed by atoms with van der Waals surface area (Å²) < 4.78 is 1.88. The highest BCUT2D eigenvalue weighted by Crippen LogP contribution is 2.24. The van der Waals surface area contributed by atoms with Gasteiger partial charge >= 0.3 is 0 Å². The topological polar surface area (TPSA) is 115 Å². The molecule has 178 valence electrons. The number of carbonyl (C=O) groups excluding carboxylic acids is 1. The Morgan fingerprint density at radius 3 is 2.31 bits per heavy atom. The Bertz CT molecular complexity index is 1330. The SMILES string of the molecule is Cc1ccc(NCc2nnc(SCC(=O)Nc3ccc([N+](=O)[O-])cc3)n2-c2ccc(Cl)cc2)cc1. The van der Waals surface area contributed by atoms with Crippen LogP contribution >= 0.6 is 23.4 Å². The molecule has 9 nitrogen and oxygen atoms in total. The number of non-ortho nitro benzene ring substituents is 1. The normalized spacial score (nSPS) is 10.7. The molecule has 3 aromatic carbocycles. The number of rotatable bonds is 9. The third-order valence-corrected chi connectivity index (χ3v) is 6.16. The molecule has 1 aromatic heterocycles. The van der Waals surface area contributed by atoms with E-state index in [1.807, 2.05) is 47.9 Å². The van der Waals surface area contributed by atoms with Crippen LogP contribution in [0.1, 0.15) is 11.4 Å². The molecule has 1 heterocycles. The molecule has 0 atom stereocenters. The fourth-order valence-electron chi connectivity index (χ4n) is 3.20. The van der Waals surface area contributed by atoms with Crippen molar-refractivity contribution in [2.75, 3.05) is 16.4 Å². The fraction of sp³-hybridized carbons (Fsp3) is 0.125. The van der Waals surface area contributed by atoms with Gasteiger partial charge in [-0.3, -0.25) is 19.5 Å². The Hall–Kier alpha value is -3.89. The van der Waals surface area contributed by atoms with Crippen LogP contribution in [0, 0.1) is 17.0 Å². The Balaban J connectivity index is 1.48. The summed E-state index contributed by atoms with van der Waals surface area (Å²) in [7, 11) is 0. The van der Waals surface area contributed by atoms with E-state index in [1.54, 1.807) is 12.1 Å². The number of benzene rings is 3. The molecule has 0 bridgehead atoms. The van der Waals surface area contributed by atoms with Crippen molar-refractivity contribution in [2.24, 2.45) is 0 Å². The van der Waals surface area contributed by atoms with E-state index in [0.717, 1.165) is 11.4 Å². The van der Waals surface area contributed by atoms with Crippen LogP contribution in [0.25, 0.3) is 5.69 Å². The van der Waals surface area contributed by atoms with E-state index in [9.17, 15) is 14.9 Å². The van der Waals surface area contributed by atoms with Crippen LogP contribution in [0.5, 0.6) is 0 Å². The first-order valence-corrected chi connectivity index (χ1v) is 11.9. The Labute approximate surface area is 210 Å². The molecular formula is C24H21ClN6O3S. The number of nitrogens with one attached hydrogen (secondary N) is 2. The number of thioether (sulfide) groups is 1. The zero-order chi connectivity index (χ0) is 24.8. The maximum absolute atomic E-state index is 12.5. The molecule has 35 heavy (non-hydrogen) atoms. The average molecular weight is 509 g/mol. The van der Waals surface area contributed by atoms with Crippen LogP contribution < -0.4 is 10.6 Å². The second-order valence-electron chi connectivity index (χ2n) is 7.57. The summed E-state index contributed by atoms with van der Waals surface area (Å²) in [6.07, 6.45) is 0. The smallest absolute Gasteiger partial charge is 0.269 e. The summed E-state index contributed by atoms with van der Waals surface area (Å²) in [6.45, 7) is 2.45. The van der Waals surface area contributed by atoms with E-state index < -0.39 is 4.92 Å². The number of nitro groups is 1. The van der Waals surface area contributed by atoms with Crippen molar-refractivity contribution in [1.29, 1.82) is 0 Å². The van der Waals surface area contributed by atoms with Crippen LogP contribution in [-0.2, 0) is 11.3 Å². The van der Waals surface area contributed by atoms with Crippen LogP contribution in [-0.4, -0.2) is 31.3 Å². The largest absolute Gasteiger partial charge is 0.378 e. The maximum Gasteiger partial charge on any atom is 0.269 e. The van der Waals surface area contributed by atoms with Crippen LogP contribution in [0.4, 0.5) is 17.1 Å². The number of aromatic nitrogens is 3.